The van der Waals surface area contributed by atoms with E-state index in [1.165, 1.54) is 0 Å². The van der Waals surface area contributed by atoms with Crippen LogP contribution in [0.5, 0.6) is 0 Å². The van der Waals surface area contributed by atoms with Crippen molar-refractivity contribution in [3.05, 3.63) is 57.2 Å². The molecule has 0 spiro atoms. The Morgan fingerprint density at radius 2 is 2.04 bits per heavy atom. The highest BCUT2D eigenvalue weighted by Crippen LogP contribution is 2.28. The van der Waals surface area contributed by atoms with Crippen molar-refractivity contribution < 1.29 is 4.42 Å². The summed E-state index contributed by atoms with van der Waals surface area (Å²) in [6, 6.07) is 9.56. The van der Waals surface area contributed by atoms with Crippen molar-refractivity contribution in [3.63, 3.8) is 0 Å². The van der Waals surface area contributed by atoms with Gasteiger partial charge in [0.25, 0.3) is 5.89 Å². The topological polar surface area (TPSA) is 42.2 Å². The molecule has 3 rings (SSSR count). The summed E-state index contributed by atoms with van der Waals surface area (Å²) >= 11 is 13.6. The number of hydrogen-bond acceptors (Lipinski definition) is 5. The first-order chi connectivity index (χ1) is 11.0. The normalized spacial score (nSPS) is 12.7. The molecule has 1 atom stereocenters. The van der Waals surface area contributed by atoms with Gasteiger partial charge in [0.1, 0.15) is 0 Å². The van der Waals surface area contributed by atoms with Gasteiger partial charge in [-0.3, -0.25) is 4.90 Å². The zero-order chi connectivity index (χ0) is 16.4. The lowest BCUT2D eigenvalue weighted by molar-refractivity contribution is 0.218. The van der Waals surface area contributed by atoms with Crippen molar-refractivity contribution in [3.8, 4) is 10.8 Å². The van der Waals surface area contributed by atoms with E-state index in [0.29, 0.717) is 28.4 Å². The van der Waals surface area contributed by atoms with Crippen molar-refractivity contribution in [2.75, 3.05) is 7.05 Å². The second-order valence-corrected chi connectivity index (χ2v) is 7.02. The molecule has 1 aromatic carbocycles. The maximum atomic E-state index is 6.06. The van der Waals surface area contributed by atoms with Gasteiger partial charge in [-0.25, -0.2) is 0 Å². The summed E-state index contributed by atoms with van der Waals surface area (Å²) in [5.74, 6) is 1.15. The van der Waals surface area contributed by atoms with Gasteiger partial charge in [-0.05, 0) is 43.1 Å². The second kappa shape index (κ2) is 7.01. The van der Waals surface area contributed by atoms with Gasteiger partial charge in [-0.2, -0.15) is 0 Å². The Morgan fingerprint density at radius 3 is 2.74 bits per heavy atom. The number of nitrogens with zero attached hydrogens (tertiary/aromatic N) is 3. The van der Waals surface area contributed by atoms with Gasteiger partial charge in [0.2, 0.25) is 5.89 Å². The molecule has 0 amide bonds. The summed E-state index contributed by atoms with van der Waals surface area (Å²) in [6.07, 6.45) is 0. The average molecular weight is 368 g/mol. The van der Waals surface area contributed by atoms with Crippen LogP contribution in [0.25, 0.3) is 10.8 Å². The molecule has 0 saturated carbocycles. The lowest BCUT2D eigenvalue weighted by Crippen LogP contribution is -2.22. The third-order valence-electron chi connectivity index (χ3n) is 3.61. The molecule has 0 aliphatic rings. The fraction of sp³-hybridized carbons (Fsp3) is 0.250. The van der Waals surface area contributed by atoms with Crippen LogP contribution in [0.2, 0.25) is 10.0 Å². The van der Waals surface area contributed by atoms with Crippen LogP contribution in [-0.4, -0.2) is 22.1 Å². The Balaban J connectivity index is 1.72. The van der Waals surface area contributed by atoms with E-state index in [-0.39, 0.29) is 6.04 Å². The van der Waals surface area contributed by atoms with Crippen LogP contribution in [0.3, 0.4) is 0 Å². The first kappa shape index (κ1) is 16.5. The summed E-state index contributed by atoms with van der Waals surface area (Å²) in [5.41, 5.74) is 1.08. The number of thiophene rings is 1. The molecule has 0 N–H and O–H groups in total. The molecule has 23 heavy (non-hydrogen) atoms. The third-order valence-corrected chi connectivity index (χ3v) is 5.20. The summed E-state index contributed by atoms with van der Waals surface area (Å²) in [6.45, 7) is 2.73. The Hall–Kier alpha value is -1.40. The van der Waals surface area contributed by atoms with Gasteiger partial charge in [-0.1, -0.05) is 35.3 Å². The Kier molecular flexibility index (Phi) is 5.02. The number of aromatic nitrogens is 2. The molecule has 0 radical (unpaired) electrons. The van der Waals surface area contributed by atoms with E-state index in [9.17, 15) is 0 Å². The van der Waals surface area contributed by atoms with E-state index in [1.807, 2.05) is 43.6 Å². The number of halogens is 2. The Labute approximate surface area is 148 Å². The fourth-order valence-corrected chi connectivity index (χ4v) is 3.12. The highest BCUT2D eigenvalue weighted by atomic mass is 35.5. The van der Waals surface area contributed by atoms with Crippen LogP contribution in [0.4, 0.5) is 0 Å². The van der Waals surface area contributed by atoms with Gasteiger partial charge < -0.3 is 4.42 Å². The van der Waals surface area contributed by atoms with Crippen molar-refractivity contribution >= 4 is 34.5 Å². The molecule has 120 valence electrons. The molecule has 0 aliphatic heterocycles. The lowest BCUT2D eigenvalue weighted by Gasteiger charge is -2.21. The third kappa shape index (κ3) is 3.75. The van der Waals surface area contributed by atoms with E-state index in [1.54, 1.807) is 17.4 Å². The summed E-state index contributed by atoms with van der Waals surface area (Å²) in [5, 5.41) is 11.4. The van der Waals surface area contributed by atoms with Gasteiger partial charge in [-0.15, -0.1) is 21.5 Å². The van der Waals surface area contributed by atoms with Crippen molar-refractivity contribution in [1.82, 2.24) is 15.1 Å². The monoisotopic (exact) mass is 367 g/mol. The molecule has 0 fully saturated rings. The van der Waals surface area contributed by atoms with Crippen LogP contribution >= 0.6 is 34.5 Å². The van der Waals surface area contributed by atoms with E-state index in [4.69, 9.17) is 27.6 Å². The van der Waals surface area contributed by atoms with Gasteiger partial charge >= 0.3 is 0 Å². The Morgan fingerprint density at radius 1 is 1.22 bits per heavy atom. The lowest BCUT2D eigenvalue weighted by atomic mass is 10.2. The number of benzene rings is 1. The molecule has 3 aromatic rings. The van der Waals surface area contributed by atoms with Crippen LogP contribution < -0.4 is 0 Å². The predicted molar refractivity (Wildman–Crippen MR) is 94.0 cm³/mol. The minimum atomic E-state index is -0.00864. The summed E-state index contributed by atoms with van der Waals surface area (Å²) in [7, 11) is 2.00. The van der Waals surface area contributed by atoms with Crippen LogP contribution in [0.15, 0.2) is 40.1 Å². The zero-order valence-corrected chi connectivity index (χ0v) is 15.0. The largest absolute Gasteiger partial charge is 0.418 e. The maximum Gasteiger partial charge on any atom is 0.257 e. The number of rotatable bonds is 5. The SMILES string of the molecule is C[C@H](c1nnc(-c2cccs2)o1)N(C)Cc1ccc(Cl)c(Cl)c1. The number of hydrogen-bond donors (Lipinski definition) is 0. The summed E-state index contributed by atoms with van der Waals surface area (Å²) in [4.78, 5) is 3.09. The molecule has 0 unspecified atom stereocenters. The standard InChI is InChI=1S/C16H15Cl2N3OS/c1-10(15-19-20-16(22-15)14-4-3-7-23-14)21(2)9-11-5-6-12(17)13(18)8-11/h3-8,10H,9H2,1-2H3/t10-/m1/s1. The zero-order valence-electron chi connectivity index (χ0n) is 12.7. The van der Waals surface area contributed by atoms with E-state index in [0.717, 1.165) is 10.4 Å². The molecular weight excluding hydrogens is 353 g/mol. The smallest absolute Gasteiger partial charge is 0.257 e. The highest BCUT2D eigenvalue weighted by Gasteiger charge is 2.19. The van der Waals surface area contributed by atoms with Crippen LogP contribution in [-0.2, 0) is 6.54 Å². The van der Waals surface area contributed by atoms with Crippen LogP contribution in [0, 0.1) is 0 Å². The first-order valence-corrected chi connectivity index (χ1v) is 8.69. The maximum absolute atomic E-state index is 6.06. The van der Waals surface area contributed by atoms with Crippen molar-refractivity contribution in [1.29, 1.82) is 0 Å². The van der Waals surface area contributed by atoms with E-state index < -0.39 is 0 Å². The van der Waals surface area contributed by atoms with Gasteiger partial charge in [0.15, 0.2) is 0 Å². The molecule has 0 bridgehead atoms. The molecule has 4 nitrogen and oxygen atoms in total. The molecular formula is C16H15Cl2N3OS. The Bertz CT molecular complexity index is 788. The van der Waals surface area contributed by atoms with Crippen molar-refractivity contribution in [2.45, 2.75) is 19.5 Å². The molecule has 2 aromatic heterocycles. The second-order valence-electron chi connectivity index (χ2n) is 5.26. The molecule has 7 heteroatoms. The van der Waals surface area contributed by atoms with Crippen LogP contribution in [0.1, 0.15) is 24.4 Å². The highest BCUT2D eigenvalue weighted by molar-refractivity contribution is 7.13. The van der Waals surface area contributed by atoms with Gasteiger partial charge in [0.05, 0.1) is 21.0 Å². The first-order valence-electron chi connectivity index (χ1n) is 7.06. The summed E-state index contributed by atoms with van der Waals surface area (Å²) < 4.78 is 5.79. The van der Waals surface area contributed by atoms with E-state index >= 15 is 0 Å². The molecule has 2 heterocycles. The van der Waals surface area contributed by atoms with Gasteiger partial charge in [0, 0.05) is 6.54 Å². The molecule has 0 aliphatic carbocycles. The minimum Gasteiger partial charge on any atom is -0.418 e. The fourth-order valence-electron chi connectivity index (χ4n) is 2.15. The predicted octanol–water partition coefficient (Wildman–Crippen LogP) is 5.30. The molecule has 0 saturated heterocycles. The van der Waals surface area contributed by atoms with Crippen molar-refractivity contribution in [2.24, 2.45) is 0 Å². The van der Waals surface area contributed by atoms with E-state index in [2.05, 4.69) is 15.1 Å². The minimum absolute atomic E-state index is 0.00864. The quantitative estimate of drug-likeness (QED) is 0.613. The average Bonchev–Trinajstić information content (AvgIpc) is 3.20.